The third kappa shape index (κ3) is 3.11. The Morgan fingerprint density at radius 1 is 1.45 bits per heavy atom. The van der Waals surface area contributed by atoms with E-state index in [1.807, 2.05) is 19.2 Å². The van der Waals surface area contributed by atoms with Crippen LogP contribution in [0.5, 0.6) is 0 Å². The van der Waals surface area contributed by atoms with Crippen LogP contribution in [0, 0.1) is 0 Å². The zero-order valence-electron chi connectivity index (χ0n) is 12.2. The summed E-state index contributed by atoms with van der Waals surface area (Å²) in [4.78, 5) is 4.20. The fraction of sp³-hybridized carbons (Fsp3) is 0.615. The molecule has 2 heterocycles. The van der Waals surface area contributed by atoms with Crippen LogP contribution in [0.2, 0.25) is 0 Å². The average molecular weight is 298 g/mol. The summed E-state index contributed by atoms with van der Waals surface area (Å²) in [6.45, 7) is 1.13. The van der Waals surface area contributed by atoms with Crippen LogP contribution in [0.3, 0.4) is 0 Å². The minimum Gasteiger partial charge on any atom is -0.373 e. The molecular formula is C13H22N4O2S. The van der Waals surface area contributed by atoms with E-state index in [1.165, 1.54) is 4.31 Å². The van der Waals surface area contributed by atoms with Gasteiger partial charge in [-0.1, -0.05) is 0 Å². The molecule has 1 aromatic rings. The second-order valence-corrected chi connectivity index (χ2v) is 7.35. The van der Waals surface area contributed by atoms with Crippen LogP contribution in [0.25, 0.3) is 0 Å². The summed E-state index contributed by atoms with van der Waals surface area (Å²) in [5.41, 5.74) is 1.14. The summed E-state index contributed by atoms with van der Waals surface area (Å²) in [7, 11) is 1.66. The Balaban J connectivity index is 2.18. The van der Waals surface area contributed by atoms with Gasteiger partial charge in [0.2, 0.25) is 0 Å². The smallest absolute Gasteiger partial charge is 0.281 e. The van der Waals surface area contributed by atoms with Crippen molar-refractivity contribution in [3.63, 3.8) is 0 Å². The van der Waals surface area contributed by atoms with Crippen LogP contribution in [0.15, 0.2) is 18.3 Å². The van der Waals surface area contributed by atoms with Gasteiger partial charge in [-0.15, -0.1) is 0 Å². The molecule has 0 aromatic carbocycles. The highest BCUT2D eigenvalue weighted by atomic mass is 32.2. The van der Waals surface area contributed by atoms with Gasteiger partial charge in [0.05, 0.1) is 0 Å². The van der Waals surface area contributed by atoms with E-state index in [-0.39, 0.29) is 5.92 Å². The van der Waals surface area contributed by atoms with Crippen LogP contribution in [0.1, 0.15) is 24.3 Å². The normalized spacial score (nSPS) is 21.1. The second kappa shape index (κ2) is 6.07. The molecule has 0 spiro atoms. The van der Waals surface area contributed by atoms with Gasteiger partial charge in [-0.3, -0.25) is 0 Å². The third-order valence-corrected chi connectivity index (χ3v) is 5.59. The van der Waals surface area contributed by atoms with Gasteiger partial charge in [0, 0.05) is 40.4 Å². The molecule has 1 saturated heterocycles. The average Bonchev–Trinajstić information content (AvgIpc) is 2.47. The van der Waals surface area contributed by atoms with Gasteiger partial charge in [-0.2, -0.15) is 17.0 Å². The van der Waals surface area contributed by atoms with Crippen molar-refractivity contribution in [3.05, 3.63) is 23.9 Å². The molecule has 2 rings (SSSR count). The minimum atomic E-state index is -3.32. The lowest BCUT2D eigenvalue weighted by atomic mass is 9.92. The number of nitrogens with zero attached hydrogens (tertiary/aromatic N) is 3. The van der Waals surface area contributed by atoms with E-state index in [9.17, 15) is 8.42 Å². The van der Waals surface area contributed by atoms with Gasteiger partial charge in [0.15, 0.2) is 0 Å². The topological polar surface area (TPSA) is 65.5 Å². The minimum absolute atomic E-state index is 0.230. The molecule has 0 aliphatic carbocycles. The van der Waals surface area contributed by atoms with Crippen LogP contribution < -0.4 is 5.32 Å². The summed E-state index contributed by atoms with van der Waals surface area (Å²) in [5.74, 6) is 1.05. The van der Waals surface area contributed by atoms with Crippen LogP contribution in [-0.2, 0) is 10.2 Å². The highest BCUT2D eigenvalue weighted by molar-refractivity contribution is 7.86. The van der Waals surface area contributed by atoms with Gasteiger partial charge >= 0.3 is 0 Å². The fourth-order valence-corrected chi connectivity index (χ4v) is 3.68. The molecule has 112 valence electrons. The van der Waals surface area contributed by atoms with Crippen LogP contribution in [0.4, 0.5) is 5.82 Å². The van der Waals surface area contributed by atoms with Crippen molar-refractivity contribution in [1.29, 1.82) is 0 Å². The van der Waals surface area contributed by atoms with Crippen LogP contribution in [-0.4, -0.2) is 56.2 Å². The van der Waals surface area contributed by atoms with Gasteiger partial charge in [-0.05, 0) is 36.5 Å². The van der Waals surface area contributed by atoms with E-state index >= 15 is 0 Å². The van der Waals surface area contributed by atoms with Gasteiger partial charge in [0.25, 0.3) is 10.2 Å². The molecule has 6 nitrogen and oxygen atoms in total. The van der Waals surface area contributed by atoms with E-state index in [0.717, 1.165) is 24.2 Å². The number of hydrogen-bond acceptors (Lipinski definition) is 4. The second-order valence-electron chi connectivity index (χ2n) is 5.21. The Morgan fingerprint density at radius 3 is 2.85 bits per heavy atom. The zero-order chi connectivity index (χ0) is 14.8. The maximum Gasteiger partial charge on any atom is 0.281 e. The molecule has 1 fully saturated rings. The van der Waals surface area contributed by atoms with Crippen molar-refractivity contribution in [1.82, 2.24) is 13.6 Å². The maximum absolute atomic E-state index is 12.2. The number of rotatable bonds is 4. The maximum atomic E-state index is 12.2. The highest BCUT2D eigenvalue weighted by Gasteiger charge is 2.31. The number of hydrogen-bond donors (Lipinski definition) is 1. The Morgan fingerprint density at radius 2 is 2.20 bits per heavy atom. The predicted octanol–water partition coefficient (Wildman–Crippen LogP) is 1.11. The molecule has 0 radical (unpaired) electrons. The van der Waals surface area contributed by atoms with E-state index < -0.39 is 10.2 Å². The zero-order valence-corrected chi connectivity index (χ0v) is 13.0. The number of aromatic nitrogens is 1. The molecule has 1 aromatic heterocycles. The Labute approximate surface area is 121 Å². The van der Waals surface area contributed by atoms with Gasteiger partial charge < -0.3 is 5.32 Å². The van der Waals surface area contributed by atoms with E-state index in [2.05, 4.69) is 10.3 Å². The lowest BCUT2D eigenvalue weighted by molar-refractivity contribution is 0.298. The quantitative estimate of drug-likeness (QED) is 0.904. The van der Waals surface area contributed by atoms with E-state index in [1.54, 1.807) is 24.6 Å². The lowest BCUT2D eigenvalue weighted by Gasteiger charge is -2.33. The molecule has 1 unspecified atom stereocenters. The first kappa shape index (κ1) is 15.2. The largest absolute Gasteiger partial charge is 0.373 e. The Bertz CT molecular complexity index is 559. The number of anilines is 1. The summed E-state index contributed by atoms with van der Waals surface area (Å²) < 4.78 is 27.3. The molecule has 7 heteroatoms. The summed E-state index contributed by atoms with van der Waals surface area (Å²) in [6.07, 6.45) is 3.65. The SMILES string of the molecule is CNc1cc(C2CCCN(S(=O)(=O)N(C)C)C2)ccn1. The molecule has 1 aliphatic heterocycles. The molecule has 1 N–H and O–H groups in total. The lowest BCUT2D eigenvalue weighted by Crippen LogP contribution is -2.44. The summed E-state index contributed by atoms with van der Waals surface area (Å²) >= 11 is 0. The van der Waals surface area contributed by atoms with Crippen molar-refractivity contribution >= 4 is 16.0 Å². The summed E-state index contributed by atoms with van der Waals surface area (Å²) in [5, 5.41) is 3.01. The van der Waals surface area contributed by atoms with Crippen molar-refractivity contribution in [3.8, 4) is 0 Å². The molecule has 1 atom stereocenters. The Kier molecular flexibility index (Phi) is 4.62. The predicted molar refractivity (Wildman–Crippen MR) is 79.9 cm³/mol. The molecule has 0 bridgehead atoms. The fourth-order valence-electron chi connectivity index (χ4n) is 2.49. The van der Waals surface area contributed by atoms with Crippen LogP contribution >= 0.6 is 0 Å². The van der Waals surface area contributed by atoms with Crippen molar-refractivity contribution in [2.75, 3.05) is 39.5 Å². The summed E-state index contributed by atoms with van der Waals surface area (Å²) in [6, 6.07) is 3.97. The molecular weight excluding hydrogens is 276 g/mol. The standard InChI is InChI=1S/C13H22N4O2S/c1-14-13-9-11(6-7-15-13)12-5-4-8-17(10-12)20(18,19)16(2)3/h6-7,9,12H,4-5,8,10H2,1-3H3,(H,14,15). The first-order valence-corrected chi connectivity index (χ1v) is 8.16. The molecule has 0 amide bonds. The van der Waals surface area contributed by atoms with Gasteiger partial charge in [0.1, 0.15) is 5.82 Å². The van der Waals surface area contributed by atoms with Crippen molar-refractivity contribution in [2.24, 2.45) is 0 Å². The van der Waals surface area contributed by atoms with Gasteiger partial charge in [-0.25, -0.2) is 4.98 Å². The van der Waals surface area contributed by atoms with E-state index in [0.29, 0.717) is 13.1 Å². The number of pyridine rings is 1. The van der Waals surface area contributed by atoms with Crippen molar-refractivity contribution < 1.29 is 8.42 Å². The first-order valence-electron chi connectivity index (χ1n) is 6.76. The third-order valence-electron chi connectivity index (χ3n) is 3.68. The molecule has 20 heavy (non-hydrogen) atoms. The molecule has 0 saturated carbocycles. The van der Waals surface area contributed by atoms with E-state index in [4.69, 9.17) is 0 Å². The monoisotopic (exact) mass is 298 g/mol. The van der Waals surface area contributed by atoms with Crippen molar-refractivity contribution in [2.45, 2.75) is 18.8 Å². The molecule has 1 aliphatic rings. The number of piperidine rings is 1. The first-order chi connectivity index (χ1) is 9.45. The number of nitrogens with one attached hydrogen (secondary N) is 1. The Hall–Kier alpha value is -1.18. The highest BCUT2D eigenvalue weighted by Crippen LogP contribution is 2.29.